The number of nitrogens with zero attached hydrogens (tertiary/aromatic N) is 1. The van der Waals surface area contributed by atoms with Crippen LogP contribution in [0.2, 0.25) is 0 Å². The van der Waals surface area contributed by atoms with Crippen molar-refractivity contribution < 1.29 is 0 Å². The molecule has 0 atom stereocenters. The number of anilines is 2. The standard InChI is InChI=1S/C21H21N/c1-16-9-14-21(17(2)15-16)22(3)20-12-10-19(11-13-20)18-7-5-4-6-8-18/h4-15H,1-3H3. The van der Waals surface area contributed by atoms with Crippen molar-refractivity contribution in [2.75, 3.05) is 11.9 Å². The van der Waals surface area contributed by atoms with Gasteiger partial charge in [0.25, 0.3) is 0 Å². The molecule has 0 saturated carbocycles. The molecular weight excluding hydrogens is 266 g/mol. The molecule has 1 nitrogen and oxygen atoms in total. The van der Waals surface area contributed by atoms with E-state index in [-0.39, 0.29) is 0 Å². The molecule has 0 aromatic heterocycles. The lowest BCUT2D eigenvalue weighted by Gasteiger charge is -2.22. The molecule has 0 saturated heterocycles. The first kappa shape index (κ1) is 14.4. The zero-order chi connectivity index (χ0) is 15.5. The van der Waals surface area contributed by atoms with Crippen LogP contribution in [0.4, 0.5) is 11.4 Å². The molecule has 0 unspecified atom stereocenters. The van der Waals surface area contributed by atoms with Gasteiger partial charge in [-0.25, -0.2) is 0 Å². The molecule has 0 aliphatic rings. The van der Waals surface area contributed by atoms with Crippen LogP contribution in [0.25, 0.3) is 11.1 Å². The van der Waals surface area contributed by atoms with Gasteiger partial charge in [0.2, 0.25) is 0 Å². The van der Waals surface area contributed by atoms with Gasteiger partial charge in [-0.3, -0.25) is 0 Å². The zero-order valence-electron chi connectivity index (χ0n) is 13.4. The molecule has 3 rings (SSSR count). The molecule has 0 N–H and O–H groups in total. The first-order valence-electron chi connectivity index (χ1n) is 7.61. The van der Waals surface area contributed by atoms with Crippen LogP contribution in [-0.4, -0.2) is 7.05 Å². The molecule has 1 heteroatoms. The topological polar surface area (TPSA) is 3.24 Å². The molecule has 0 fully saturated rings. The fourth-order valence-electron chi connectivity index (χ4n) is 2.83. The highest BCUT2D eigenvalue weighted by molar-refractivity contribution is 5.70. The first-order valence-corrected chi connectivity index (χ1v) is 7.61. The summed E-state index contributed by atoms with van der Waals surface area (Å²) in [6, 6.07) is 25.8. The molecule has 0 radical (unpaired) electrons. The summed E-state index contributed by atoms with van der Waals surface area (Å²) in [7, 11) is 2.12. The van der Waals surface area contributed by atoms with Crippen molar-refractivity contribution in [1.29, 1.82) is 0 Å². The number of benzene rings is 3. The SMILES string of the molecule is Cc1ccc(N(C)c2ccc(-c3ccccc3)cc2)c(C)c1. The average molecular weight is 287 g/mol. The van der Waals surface area contributed by atoms with Crippen LogP contribution in [0, 0.1) is 13.8 Å². The van der Waals surface area contributed by atoms with Crippen LogP contribution < -0.4 is 4.90 Å². The maximum absolute atomic E-state index is 2.24. The van der Waals surface area contributed by atoms with Crippen LogP contribution in [-0.2, 0) is 0 Å². The minimum atomic E-state index is 1.20. The van der Waals surface area contributed by atoms with E-state index in [1.807, 2.05) is 6.07 Å². The molecular formula is C21H21N. The maximum Gasteiger partial charge on any atom is 0.0437 e. The summed E-state index contributed by atoms with van der Waals surface area (Å²) in [5.74, 6) is 0. The zero-order valence-corrected chi connectivity index (χ0v) is 13.4. The molecule has 110 valence electrons. The lowest BCUT2D eigenvalue weighted by molar-refractivity contribution is 1.18. The van der Waals surface area contributed by atoms with Gasteiger partial charge in [0, 0.05) is 18.4 Å². The molecule has 3 aromatic rings. The van der Waals surface area contributed by atoms with Crippen molar-refractivity contribution in [1.82, 2.24) is 0 Å². The molecule has 0 aliphatic heterocycles. The van der Waals surface area contributed by atoms with Crippen LogP contribution in [0.3, 0.4) is 0 Å². The van der Waals surface area contributed by atoms with E-state index in [9.17, 15) is 0 Å². The lowest BCUT2D eigenvalue weighted by atomic mass is 10.0. The number of aryl methyl sites for hydroxylation is 2. The van der Waals surface area contributed by atoms with Gasteiger partial charge in [0.15, 0.2) is 0 Å². The van der Waals surface area contributed by atoms with E-state index in [0.29, 0.717) is 0 Å². The van der Waals surface area contributed by atoms with E-state index in [1.165, 1.54) is 33.6 Å². The normalized spacial score (nSPS) is 10.5. The summed E-state index contributed by atoms with van der Waals surface area (Å²) in [6.45, 7) is 4.29. The van der Waals surface area contributed by atoms with E-state index in [4.69, 9.17) is 0 Å². The second-order valence-electron chi connectivity index (χ2n) is 5.76. The van der Waals surface area contributed by atoms with Crippen molar-refractivity contribution >= 4 is 11.4 Å². The minimum Gasteiger partial charge on any atom is -0.344 e. The van der Waals surface area contributed by atoms with E-state index >= 15 is 0 Å². The number of hydrogen-bond acceptors (Lipinski definition) is 1. The summed E-state index contributed by atoms with van der Waals surface area (Å²) in [6.07, 6.45) is 0. The number of rotatable bonds is 3. The third-order valence-electron chi connectivity index (χ3n) is 4.08. The highest BCUT2D eigenvalue weighted by Crippen LogP contribution is 2.29. The van der Waals surface area contributed by atoms with Crippen molar-refractivity contribution in [3.63, 3.8) is 0 Å². The van der Waals surface area contributed by atoms with Gasteiger partial charge in [-0.2, -0.15) is 0 Å². The predicted octanol–water partition coefficient (Wildman–Crippen LogP) is 5.74. The lowest BCUT2D eigenvalue weighted by Crippen LogP contribution is -2.10. The van der Waals surface area contributed by atoms with Gasteiger partial charge >= 0.3 is 0 Å². The minimum absolute atomic E-state index is 1.20. The largest absolute Gasteiger partial charge is 0.344 e. The predicted molar refractivity (Wildman–Crippen MR) is 95.9 cm³/mol. The van der Waals surface area contributed by atoms with E-state index in [1.54, 1.807) is 0 Å². The van der Waals surface area contributed by atoms with Crippen LogP contribution >= 0.6 is 0 Å². The fraction of sp³-hybridized carbons (Fsp3) is 0.143. The Bertz CT molecular complexity index is 758. The van der Waals surface area contributed by atoms with Crippen molar-refractivity contribution in [3.05, 3.63) is 83.9 Å². The van der Waals surface area contributed by atoms with Gasteiger partial charge in [-0.15, -0.1) is 0 Å². The Morgan fingerprint density at radius 1 is 0.682 bits per heavy atom. The molecule has 0 aliphatic carbocycles. The maximum atomic E-state index is 2.24. The molecule has 0 heterocycles. The van der Waals surface area contributed by atoms with E-state index < -0.39 is 0 Å². The van der Waals surface area contributed by atoms with Gasteiger partial charge in [0.05, 0.1) is 0 Å². The van der Waals surface area contributed by atoms with Crippen molar-refractivity contribution in [2.24, 2.45) is 0 Å². The summed E-state index contributed by atoms with van der Waals surface area (Å²) in [4.78, 5) is 2.24. The third kappa shape index (κ3) is 2.89. The Morgan fingerprint density at radius 2 is 1.32 bits per heavy atom. The quantitative estimate of drug-likeness (QED) is 0.594. The molecule has 0 spiro atoms. The first-order chi connectivity index (χ1) is 10.6. The highest BCUT2D eigenvalue weighted by atomic mass is 15.1. The summed E-state index contributed by atoms with van der Waals surface area (Å²) < 4.78 is 0. The average Bonchev–Trinajstić information content (AvgIpc) is 2.55. The Kier molecular flexibility index (Phi) is 3.97. The molecule has 0 bridgehead atoms. The Hall–Kier alpha value is -2.54. The summed E-state index contributed by atoms with van der Waals surface area (Å²) >= 11 is 0. The van der Waals surface area contributed by atoms with Gasteiger partial charge < -0.3 is 4.90 Å². The van der Waals surface area contributed by atoms with E-state index in [0.717, 1.165) is 0 Å². The monoisotopic (exact) mass is 287 g/mol. The molecule has 22 heavy (non-hydrogen) atoms. The fourth-order valence-corrected chi connectivity index (χ4v) is 2.83. The van der Waals surface area contributed by atoms with Crippen molar-refractivity contribution in [2.45, 2.75) is 13.8 Å². The smallest absolute Gasteiger partial charge is 0.0437 e. The Morgan fingerprint density at radius 3 is 1.95 bits per heavy atom. The van der Waals surface area contributed by atoms with E-state index in [2.05, 4.69) is 92.5 Å². The summed E-state index contributed by atoms with van der Waals surface area (Å²) in [5, 5.41) is 0. The van der Waals surface area contributed by atoms with Crippen LogP contribution in [0.1, 0.15) is 11.1 Å². The Balaban J connectivity index is 1.89. The molecule has 3 aromatic carbocycles. The van der Waals surface area contributed by atoms with Gasteiger partial charge in [-0.05, 0) is 48.7 Å². The van der Waals surface area contributed by atoms with Gasteiger partial charge in [0.1, 0.15) is 0 Å². The van der Waals surface area contributed by atoms with Gasteiger partial charge in [-0.1, -0.05) is 60.2 Å². The Labute approximate surface area is 132 Å². The highest BCUT2D eigenvalue weighted by Gasteiger charge is 2.07. The second-order valence-corrected chi connectivity index (χ2v) is 5.76. The third-order valence-corrected chi connectivity index (χ3v) is 4.08. The second kappa shape index (κ2) is 6.07. The van der Waals surface area contributed by atoms with Crippen LogP contribution in [0.15, 0.2) is 72.8 Å². The summed E-state index contributed by atoms with van der Waals surface area (Å²) in [5.41, 5.74) is 7.55. The molecule has 0 amide bonds. The van der Waals surface area contributed by atoms with Crippen LogP contribution in [0.5, 0.6) is 0 Å². The number of hydrogen-bond donors (Lipinski definition) is 0. The van der Waals surface area contributed by atoms with Crippen molar-refractivity contribution in [3.8, 4) is 11.1 Å².